The molecule has 0 amide bonds. The van der Waals surface area contributed by atoms with Crippen LogP contribution in [0.5, 0.6) is 0 Å². The molecule has 0 radical (unpaired) electrons. The molecule has 0 saturated carbocycles. The van der Waals surface area contributed by atoms with Crippen molar-refractivity contribution in [3.8, 4) is 0 Å². The van der Waals surface area contributed by atoms with Crippen LogP contribution >= 0.6 is 0 Å². The number of rotatable bonds is 7. The fraction of sp³-hybridized carbons (Fsp3) is 0.875. The number of aldehydes is 1. The van der Waals surface area contributed by atoms with Gasteiger partial charge in [0, 0.05) is 18.0 Å². The van der Waals surface area contributed by atoms with Crippen LogP contribution in [0, 0.1) is 5.41 Å². The van der Waals surface area contributed by atoms with Gasteiger partial charge in [-0.25, -0.2) is 0 Å². The lowest BCUT2D eigenvalue weighted by Gasteiger charge is -2.31. The maximum Gasteiger partial charge on any atom is 0.200 e. The fourth-order valence-corrected chi connectivity index (χ4v) is 3.37. The van der Waals surface area contributed by atoms with Crippen molar-refractivity contribution in [3.05, 3.63) is 0 Å². The van der Waals surface area contributed by atoms with E-state index in [1.165, 1.54) is 45.3 Å². The van der Waals surface area contributed by atoms with Crippen molar-refractivity contribution in [2.24, 2.45) is 5.41 Å². The highest BCUT2D eigenvalue weighted by molar-refractivity contribution is 6.27. The summed E-state index contributed by atoms with van der Waals surface area (Å²) in [5, 5.41) is 0. The smallest absolute Gasteiger partial charge is 0.200 e. The Balaban J connectivity index is 1.81. The SMILES string of the molecule is CC(C)(CCN1CCCC1CN1CCCC1)C(=O)C=O. The molecule has 0 spiro atoms. The molecule has 2 fully saturated rings. The van der Waals surface area contributed by atoms with E-state index in [4.69, 9.17) is 0 Å². The summed E-state index contributed by atoms with van der Waals surface area (Å²) in [5.41, 5.74) is -0.511. The van der Waals surface area contributed by atoms with Crippen LogP contribution in [0.3, 0.4) is 0 Å². The van der Waals surface area contributed by atoms with Crippen LogP contribution in [-0.2, 0) is 9.59 Å². The van der Waals surface area contributed by atoms with Gasteiger partial charge in [-0.15, -0.1) is 0 Å². The number of hydrogen-bond acceptors (Lipinski definition) is 4. The van der Waals surface area contributed by atoms with Crippen LogP contribution in [0.15, 0.2) is 0 Å². The Morgan fingerprint density at radius 3 is 2.55 bits per heavy atom. The minimum atomic E-state index is -0.511. The van der Waals surface area contributed by atoms with Crippen LogP contribution in [0.2, 0.25) is 0 Å². The van der Waals surface area contributed by atoms with E-state index < -0.39 is 5.41 Å². The second kappa shape index (κ2) is 6.81. The fourth-order valence-electron chi connectivity index (χ4n) is 3.37. The zero-order valence-corrected chi connectivity index (χ0v) is 12.9. The van der Waals surface area contributed by atoms with Crippen molar-refractivity contribution in [2.45, 2.75) is 52.0 Å². The monoisotopic (exact) mass is 280 g/mol. The summed E-state index contributed by atoms with van der Waals surface area (Å²) in [7, 11) is 0. The third-order valence-electron chi connectivity index (χ3n) is 4.96. The summed E-state index contributed by atoms with van der Waals surface area (Å²) in [4.78, 5) is 27.4. The molecule has 0 bridgehead atoms. The molecule has 114 valence electrons. The van der Waals surface area contributed by atoms with Gasteiger partial charge in [-0.3, -0.25) is 14.5 Å². The maximum absolute atomic E-state index is 11.6. The van der Waals surface area contributed by atoms with Crippen molar-refractivity contribution in [1.82, 2.24) is 9.80 Å². The van der Waals surface area contributed by atoms with E-state index in [0.717, 1.165) is 19.5 Å². The highest BCUT2D eigenvalue weighted by Gasteiger charge is 2.31. The van der Waals surface area contributed by atoms with E-state index in [1.807, 2.05) is 13.8 Å². The van der Waals surface area contributed by atoms with Crippen molar-refractivity contribution >= 4 is 12.1 Å². The number of hydrogen-bond donors (Lipinski definition) is 0. The first-order chi connectivity index (χ1) is 9.53. The molecule has 4 heteroatoms. The van der Waals surface area contributed by atoms with E-state index in [9.17, 15) is 9.59 Å². The molecule has 1 unspecified atom stereocenters. The summed E-state index contributed by atoms with van der Waals surface area (Å²) in [6.45, 7) is 9.53. The van der Waals surface area contributed by atoms with Crippen LogP contribution in [0.1, 0.15) is 46.0 Å². The predicted octanol–water partition coefficient (Wildman–Crippen LogP) is 1.73. The quantitative estimate of drug-likeness (QED) is 0.526. The van der Waals surface area contributed by atoms with Crippen molar-refractivity contribution < 1.29 is 9.59 Å². The zero-order valence-electron chi connectivity index (χ0n) is 12.9. The first-order valence-electron chi connectivity index (χ1n) is 7.99. The number of carbonyl (C=O) groups excluding carboxylic acids is 2. The Kier molecular flexibility index (Phi) is 5.33. The van der Waals surface area contributed by atoms with E-state index in [2.05, 4.69) is 9.80 Å². The van der Waals surface area contributed by atoms with Crippen LogP contribution < -0.4 is 0 Å². The normalized spacial score (nSPS) is 25.2. The minimum Gasteiger partial charge on any atom is -0.302 e. The molecular formula is C16H28N2O2. The lowest BCUT2D eigenvalue weighted by Crippen LogP contribution is -2.41. The highest BCUT2D eigenvalue weighted by atomic mass is 16.2. The largest absolute Gasteiger partial charge is 0.302 e. The Hall–Kier alpha value is -0.740. The Labute approximate surface area is 122 Å². The molecule has 0 aromatic heterocycles. The summed E-state index contributed by atoms with van der Waals surface area (Å²) in [6, 6.07) is 0.648. The van der Waals surface area contributed by atoms with E-state index in [1.54, 1.807) is 0 Å². The van der Waals surface area contributed by atoms with Crippen molar-refractivity contribution in [2.75, 3.05) is 32.7 Å². The van der Waals surface area contributed by atoms with Gasteiger partial charge in [0.25, 0.3) is 0 Å². The van der Waals surface area contributed by atoms with E-state index in [0.29, 0.717) is 12.3 Å². The minimum absolute atomic E-state index is 0.271. The van der Waals surface area contributed by atoms with Crippen molar-refractivity contribution in [1.29, 1.82) is 0 Å². The van der Waals surface area contributed by atoms with Crippen LogP contribution in [-0.4, -0.2) is 60.6 Å². The lowest BCUT2D eigenvalue weighted by molar-refractivity contribution is -0.136. The molecular weight excluding hydrogens is 252 g/mol. The molecule has 1 atom stereocenters. The summed E-state index contributed by atoms with van der Waals surface area (Å²) < 4.78 is 0. The van der Waals surface area contributed by atoms with Gasteiger partial charge in [-0.1, -0.05) is 13.8 Å². The molecule has 0 aromatic rings. The molecule has 0 N–H and O–H groups in total. The summed E-state index contributed by atoms with van der Waals surface area (Å²) in [5.74, 6) is -0.271. The molecule has 0 aliphatic carbocycles. The van der Waals surface area contributed by atoms with E-state index in [-0.39, 0.29) is 5.78 Å². The lowest BCUT2D eigenvalue weighted by atomic mass is 9.85. The number of carbonyl (C=O) groups is 2. The maximum atomic E-state index is 11.6. The van der Waals surface area contributed by atoms with Gasteiger partial charge in [0.2, 0.25) is 5.78 Å². The molecule has 0 aromatic carbocycles. The van der Waals surface area contributed by atoms with Crippen LogP contribution in [0.4, 0.5) is 0 Å². The van der Waals surface area contributed by atoms with Gasteiger partial charge in [0.15, 0.2) is 6.29 Å². The van der Waals surface area contributed by atoms with Crippen LogP contribution in [0.25, 0.3) is 0 Å². The number of nitrogens with zero attached hydrogens (tertiary/aromatic N) is 2. The Morgan fingerprint density at radius 1 is 1.20 bits per heavy atom. The second-order valence-electron chi connectivity index (χ2n) is 6.96. The van der Waals surface area contributed by atoms with Gasteiger partial charge in [-0.05, 0) is 58.3 Å². The molecule has 2 rings (SSSR count). The molecule has 2 saturated heterocycles. The summed E-state index contributed by atoms with van der Waals surface area (Å²) >= 11 is 0. The third-order valence-corrected chi connectivity index (χ3v) is 4.96. The topological polar surface area (TPSA) is 40.6 Å². The highest BCUT2D eigenvalue weighted by Crippen LogP contribution is 2.25. The molecule has 20 heavy (non-hydrogen) atoms. The van der Waals surface area contributed by atoms with Gasteiger partial charge in [0.1, 0.15) is 0 Å². The Morgan fingerprint density at radius 2 is 1.90 bits per heavy atom. The third kappa shape index (κ3) is 3.89. The zero-order chi connectivity index (χ0) is 14.6. The first-order valence-corrected chi connectivity index (χ1v) is 7.99. The van der Waals surface area contributed by atoms with Gasteiger partial charge < -0.3 is 4.90 Å². The van der Waals surface area contributed by atoms with Gasteiger partial charge in [-0.2, -0.15) is 0 Å². The average Bonchev–Trinajstić information content (AvgIpc) is 3.08. The van der Waals surface area contributed by atoms with E-state index >= 15 is 0 Å². The number of Topliss-reactive ketones (excluding diaryl/α,β-unsaturated/α-hetero) is 1. The summed E-state index contributed by atoms with van der Waals surface area (Å²) in [6.07, 6.45) is 6.48. The Bertz CT molecular complexity index is 348. The first kappa shape index (κ1) is 15.6. The molecule has 2 aliphatic heterocycles. The molecule has 2 heterocycles. The van der Waals surface area contributed by atoms with Gasteiger partial charge in [0.05, 0.1) is 0 Å². The molecule has 4 nitrogen and oxygen atoms in total. The number of ketones is 1. The second-order valence-corrected chi connectivity index (χ2v) is 6.96. The number of likely N-dealkylation sites (tertiary alicyclic amines) is 2. The molecule has 2 aliphatic rings. The standard InChI is InChI=1S/C16H28N2O2/c1-16(2,15(20)13-19)7-11-18-10-5-6-14(18)12-17-8-3-4-9-17/h13-14H,3-12H2,1-2H3. The van der Waals surface area contributed by atoms with Crippen molar-refractivity contribution in [3.63, 3.8) is 0 Å². The van der Waals surface area contributed by atoms with Gasteiger partial charge >= 0.3 is 0 Å². The predicted molar refractivity (Wildman–Crippen MR) is 79.7 cm³/mol. The average molecular weight is 280 g/mol.